The fourth-order valence-corrected chi connectivity index (χ4v) is 3.14. The van der Waals surface area contributed by atoms with E-state index in [1.807, 2.05) is 30.3 Å². The van der Waals surface area contributed by atoms with Crippen molar-refractivity contribution in [3.63, 3.8) is 0 Å². The smallest absolute Gasteiger partial charge is 0.347 e. The predicted molar refractivity (Wildman–Crippen MR) is 93.8 cm³/mol. The van der Waals surface area contributed by atoms with Crippen molar-refractivity contribution in [2.24, 2.45) is 0 Å². The molecule has 26 heavy (non-hydrogen) atoms. The van der Waals surface area contributed by atoms with Gasteiger partial charge in [0, 0.05) is 18.9 Å². The fraction of sp³-hybridized carbons (Fsp3) is 0.167. The fourth-order valence-electron chi connectivity index (χ4n) is 3.14. The van der Waals surface area contributed by atoms with Gasteiger partial charge >= 0.3 is 5.69 Å². The Bertz CT molecular complexity index is 1120. The summed E-state index contributed by atoms with van der Waals surface area (Å²) in [6.07, 6.45) is 1.20. The first kappa shape index (κ1) is 14.8. The maximum absolute atomic E-state index is 12.2. The number of aromatic nitrogens is 5. The van der Waals surface area contributed by atoms with Crippen LogP contribution in [-0.2, 0) is 12.8 Å². The van der Waals surface area contributed by atoms with Crippen molar-refractivity contribution in [1.29, 1.82) is 0 Å². The number of aromatic amines is 2. The van der Waals surface area contributed by atoms with Gasteiger partial charge in [0.25, 0.3) is 0 Å². The molecule has 0 saturated heterocycles. The normalized spacial score (nSPS) is 12.8. The molecule has 0 radical (unpaired) electrons. The molecule has 130 valence electrons. The molecule has 0 spiro atoms. The second-order valence-corrected chi connectivity index (χ2v) is 6.02. The van der Waals surface area contributed by atoms with E-state index < -0.39 is 0 Å². The van der Waals surface area contributed by atoms with Crippen LogP contribution >= 0.6 is 0 Å². The molecule has 0 bridgehead atoms. The number of para-hydroxylation sites is 2. The molecule has 0 aliphatic carbocycles. The molecule has 0 fully saturated rings. The van der Waals surface area contributed by atoms with E-state index in [2.05, 4.69) is 20.2 Å². The number of ether oxygens (including phenoxy) is 2. The molecule has 8 heteroatoms. The number of rotatable bonds is 4. The van der Waals surface area contributed by atoms with Crippen molar-refractivity contribution in [3.8, 4) is 17.2 Å². The minimum Gasteiger partial charge on any atom is -0.454 e. The van der Waals surface area contributed by atoms with Gasteiger partial charge in [0.2, 0.25) is 6.79 Å². The summed E-state index contributed by atoms with van der Waals surface area (Å²) in [5.41, 5.74) is 2.33. The Hall–Kier alpha value is -3.55. The van der Waals surface area contributed by atoms with Crippen molar-refractivity contribution in [2.75, 3.05) is 6.79 Å². The molecular formula is C18H15N5O3. The van der Waals surface area contributed by atoms with Gasteiger partial charge < -0.3 is 14.5 Å². The summed E-state index contributed by atoms with van der Waals surface area (Å²) in [6.45, 7) is 0.192. The summed E-state index contributed by atoms with van der Waals surface area (Å²) in [4.78, 5) is 20.1. The van der Waals surface area contributed by atoms with Gasteiger partial charge in [0.05, 0.1) is 16.7 Å². The van der Waals surface area contributed by atoms with Crippen LogP contribution in [0.5, 0.6) is 11.5 Å². The molecule has 2 aromatic carbocycles. The molecule has 5 rings (SSSR count). The number of H-pyrrole nitrogens is 2. The first-order chi connectivity index (χ1) is 12.8. The summed E-state index contributed by atoms with van der Waals surface area (Å²) < 4.78 is 12.3. The second kappa shape index (κ2) is 5.76. The zero-order chi connectivity index (χ0) is 17.5. The maximum Gasteiger partial charge on any atom is 0.347 e. The molecule has 0 amide bonds. The number of hydrogen-bond acceptors (Lipinski definition) is 5. The lowest BCUT2D eigenvalue weighted by atomic mass is 10.2. The summed E-state index contributed by atoms with van der Waals surface area (Å²) in [5.74, 6) is 2.79. The Morgan fingerprint density at radius 2 is 1.96 bits per heavy atom. The summed E-state index contributed by atoms with van der Waals surface area (Å²) in [5, 5.41) is 6.69. The largest absolute Gasteiger partial charge is 0.454 e. The van der Waals surface area contributed by atoms with Crippen LogP contribution in [0.25, 0.3) is 16.7 Å². The van der Waals surface area contributed by atoms with Crippen molar-refractivity contribution in [2.45, 2.75) is 12.8 Å². The van der Waals surface area contributed by atoms with E-state index in [4.69, 9.17) is 9.47 Å². The predicted octanol–water partition coefficient (Wildman–Crippen LogP) is 1.95. The van der Waals surface area contributed by atoms with E-state index in [-0.39, 0.29) is 12.5 Å². The van der Waals surface area contributed by atoms with Crippen LogP contribution in [0, 0.1) is 0 Å². The van der Waals surface area contributed by atoms with Crippen LogP contribution in [0.1, 0.15) is 11.6 Å². The van der Waals surface area contributed by atoms with Crippen molar-refractivity contribution >= 4 is 11.0 Å². The quantitative estimate of drug-likeness (QED) is 0.587. The average Bonchev–Trinajstić information content (AvgIpc) is 3.36. The van der Waals surface area contributed by atoms with E-state index in [1.54, 1.807) is 16.7 Å². The standard InChI is InChI=1S/C18H15N5O3/c24-18-22-21-17(8-7-16-19-12-3-1-2-4-13(12)20-16)23(18)11-5-6-14-15(9-11)26-10-25-14/h1-6,9H,7-8,10H2,(H,19,20)(H,22,24). The summed E-state index contributed by atoms with van der Waals surface area (Å²) >= 11 is 0. The van der Waals surface area contributed by atoms with Gasteiger partial charge in [0.1, 0.15) is 11.6 Å². The third kappa shape index (κ3) is 2.43. The van der Waals surface area contributed by atoms with Crippen LogP contribution in [0.2, 0.25) is 0 Å². The van der Waals surface area contributed by atoms with E-state index in [1.165, 1.54) is 0 Å². The van der Waals surface area contributed by atoms with Crippen LogP contribution in [0.3, 0.4) is 0 Å². The minimum absolute atomic E-state index is 0.192. The number of imidazole rings is 1. The number of nitrogens with zero attached hydrogens (tertiary/aromatic N) is 3. The highest BCUT2D eigenvalue weighted by atomic mass is 16.7. The highest BCUT2D eigenvalue weighted by molar-refractivity contribution is 5.74. The summed E-state index contributed by atoms with van der Waals surface area (Å²) in [6, 6.07) is 13.3. The zero-order valence-electron chi connectivity index (χ0n) is 13.7. The number of fused-ring (bicyclic) bond motifs is 2. The monoisotopic (exact) mass is 349 g/mol. The lowest BCUT2D eigenvalue weighted by molar-refractivity contribution is 0.174. The van der Waals surface area contributed by atoms with E-state index in [0.29, 0.717) is 35.9 Å². The molecule has 8 nitrogen and oxygen atoms in total. The Labute approximate surface area is 147 Å². The third-order valence-corrected chi connectivity index (χ3v) is 4.38. The molecule has 0 saturated carbocycles. The molecule has 4 aromatic rings. The highest BCUT2D eigenvalue weighted by Gasteiger charge is 2.17. The number of aryl methyl sites for hydroxylation is 2. The second-order valence-electron chi connectivity index (χ2n) is 6.02. The van der Waals surface area contributed by atoms with Gasteiger partial charge in [-0.25, -0.2) is 19.4 Å². The number of benzene rings is 2. The van der Waals surface area contributed by atoms with Crippen molar-refractivity contribution in [1.82, 2.24) is 24.7 Å². The Morgan fingerprint density at radius 3 is 2.88 bits per heavy atom. The van der Waals surface area contributed by atoms with Crippen LogP contribution in [-0.4, -0.2) is 31.5 Å². The molecule has 3 heterocycles. The van der Waals surface area contributed by atoms with Gasteiger partial charge in [0.15, 0.2) is 11.5 Å². The molecule has 0 unspecified atom stereocenters. The van der Waals surface area contributed by atoms with Crippen molar-refractivity contribution in [3.05, 3.63) is 64.6 Å². The number of hydrogen-bond donors (Lipinski definition) is 2. The minimum atomic E-state index is -0.288. The lowest BCUT2D eigenvalue weighted by Crippen LogP contribution is -2.17. The van der Waals surface area contributed by atoms with Gasteiger partial charge in [-0.1, -0.05) is 12.1 Å². The molecule has 0 atom stereocenters. The zero-order valence-corrected chi connectivity index (χ0v) is 13.7. The maximum atomic E-state index is 12.2. The lowest BCUT2D eigenvalue weighted by Gasteiger charge is -2.06. The average molecular weight is 349 g/mol. The first-order valence-electron chi connectivity index (χ1n) is 8.28. The van der Waals surface area contributed by atoms with Gasteiger partial charge in [-0.3, -0.25) is 0 Å². The van der Waals surface area contributed by atoms with E-state index >= 15 is 0 Å². The van der Waals surface area contributed by atoms with Crippen LogP contribution in [0.15, 0.2) is 47.3 Å². The summed E-state index contributed by atoms with van der Waals surface area (Å²) in [7, 11) is 0. The third-order valence-electron chi connectivity index (χ3n) is 4.38. The van der Waals surface area contributed by atoms with Gasteiger partial charge in [-0.05, 0) is 24.3 Å². The molecule has 2 N–H and O–H groups in total. The SMILES string of the molecule is O=c1[nH]nc(CCc2nc3ccccc3[nH]2)n1-c1ccc2c(c1)OCO2. The highest BCUT2D eigenvalue weighted by Crippen LogP contribution is 2.33. The van der Waals surface area contributed by atoms with Crippen molar-refractivity contribution < 1.29 is 9.47 Å². The van der Waals surface area contributed by atoms with Crippen LogP contribution in [0.4, 0.5) is 0 Å². The van der Waals surface area contributed by atoms with Gasteiger partial charge in [-0.15, -0.1) is 0 Å². The molecular weight excluding hydrogens is 334 g/mol. The molecule has 1 aliphatic heterocycles. The molecule has 2 aromatic heterocycles. The Morgan fingerprint density at radius 1 is 1.08 bits per heavy atom. The number of nitrogens with one attached hydrogen (secondary N) is 2. The van der Waals surface area contributed by atoms with Gasteiger partial charge in [-0.2, -0.15) is 5.10 Å². The van der Waals surface area contributed by atoms with E-state index in [0.717, 1.165) is 16.9 Å². The Kier molecular flexibility index (Phi) is 3.27. The Balaban J connectivity index is 1.44. The topological polar surface area (TPSA) is 97.8 Å². The first-order valence-corrected chi connectivity index (χ1v) is 8.28. The van der Waals surface area contributed by atoms with Crippen LogP contribution < -0.4 is 15.2 Å². The van der Waals surface area contributed by atoms with E-state index in [9.17, 15) is 4.79 Å². The molecule has 1 aliphatic rings.